The third-order valence-electron chi connectivity index (χ3n) is 8.16. The Morgan fingerprint density at radius 1 is 1.05 bits per heavy atom. The highest BCUT2D eigenvalue weighted by Crippen LogP contribution is 2.36. The normalized spacial score (nSPS) is 18.6. The molecule has 3 atom stereocenters. The maximum Gasteiger partial charge on any atom is 0.303 e. The van der Waals surface area contributed by atoms with Gasteiger partial charge in [-0.15, -0.1) is 0 Å². The Labute approximate surface area is 231 Å². The quantitative estimate of drug-likeness (QED) is 0.227. The molecule has 2 heterocycles. The lowest BCUT2D eigenvalue weighted by molar-refractivity contribution is -0.137. The number of carbonyl (C=O) groups is 1. The van der Waals surface area contributed by atoms with E-state index in [0.29, 0.717) is 30.1 Å². The number of alkyl halides is 1. The molecule has 0 bridgehead atoms. The van der Waals surface area contributed by atoms with E-state index in [1.165, 1.54) is 5.56 Å². The maximum absolute atomic E-state index is 15.6. The van der Waals surface area contributed by atoms with Crippen molar-refractivity contribution < 1.29 is 23.8 Å². The molecule has 7 heteroatoms. The zero-order chi connectivity index (χ0) is 27.6. The number of aliphatic carboxylic acids is 1. The van der Waals surface area contributed by atoms with Gasteiger partial charge in [-0.05, 0) is 117 Å². The number of carboxylic acid groups (broad SMARTS) is 1. The van der Waals surface area contributed by atoms with Gasteiger partial charge in [-0.1, -0.05) is 12.1 Å². The molecule has 4 rings (SSSR count). The lowest BCUT2D eigenvalue weighted by Crippen LogP contribution is -2.41. The number of carboxylic acids is 1. The highest BCUT2D eigenvalue weighted by molar-refractivity contribution is 5.83. The van der Waals surface area contributed by atoms with E-state index in [-0.39, 0.29) is 12.3 Å². The van der Waals surface area contributed by atoms with Crippen molar-refractivity contribution in [3.8, 4) is 11.5 Å². The monoisotopic (exact) mass is 536 g/mol. The number of unbranched alkanes of at least 4 members (excludes halogenated alkanes) is 1. The Morgan fingerprint density at radius 2 is 1.82 bits per heavy atom. The molecule has 1 aromatic heterocycles. The number of hydrogen-bond donors (Lipinski definition) is 1. The van der Waals surface area contributed by atoms with Crippen LogP contribution >= 0.6 is 0 Å². The average Bonchev–Trinajstić information content (AvgIpc) is 2.97. The predicted octanol–water partition coefficient (Wildman–Crippen LogP) is 6.87. The molecule has 1 aliphatic rings. The summed E-state index contributed by atoms with van der Waals surface area (Å²) in [6.45, 7) is 2.90. The average molecular weight is 537 g/mol. The van der Waals surface area contributed by atoms with Gasteiger partial charge in [0.05, 0.1) is 19.7 Å². The van der Waals surface area contributed by atoms with Crippen LogP contribution in [-0.4, -0.2) is 54.8 Å². The van der Waals surface area contributed by atoms with E-state index < -0.39 is 12.1 Å². The van der Waals surface area contributed by atoms with Crippen molar-refractivity contribution in [1.29, 1.82) is 0 Å². The molecule has 0 aliphatic carbocycles. The Balaban J connectivity index is 1.30. The number of likely N-dealkylation sites (tertiary alicyclic amines) is 1. The summed E-state index contributed by atoms with van der Waals surface area (Å²) in [5.41, 5.74) is 2.72. The number of aromatic nitrogens is 1. The molecule has 0 amide bonds. The number of rotatable bonds is 14. The van der Waals surface area contributed by atoms with E-state index in [0.717, 1.165) is 68.4 Å². The second-order valence-corrected chi connectivity index (χ2v) is 10.7. The largest absolute Gasteiger partial charge is 0.497 e. The zero-order valence-electron chi connectivity index (χ0n) is 23.2. The SMILES string of the molecule is COc1ccc(CCCCN2CC[C@@H](CCC(F)c3ccnc4ccc(OC)cc34)[C@@H](CCC(=O)O)C2)cc1. The summed E-state index contributed by atoms with van der Waals surface area (Å²) >= 11 is 0. The third-order valence-corrected chi connectivity index (χ3v) is 8.16. The Hall–Kier alpha value is -3.19. The molecule has 210 valence electrons. The van der Waals surface area contributed by atoms with Crippen molar-refractivity contribution >= 4 is 16.9 Å². The number of halogens is 1. The van der Waals surface area contributed by atoms with Gasteiger partial charge in [-0.2, -0.15) is 0 Å². The molecule has 1 unspecified atom stereocenters. The first-order chi connectivity index (χ1) is 19.0. The summed E-state index contributed by atoms with van der Waals surface area (Å²) in [5.74, 6) is 1.42. The molecular weight excluding hydrogens is 495 g/mol. The van der Waals surface area contributed by atoms with Gasteiger partial charge in [-0.3, -0.25) is 9.78 Å². The molecule has 1 saturated heterocycles. The fraction of sp³-hybridized carbons (Fsp3) is 0.500. The summed E-state index contributed by atoms with van der Waals surface area (Å²) in [5, 5.41) is 10.1. The first kappa shape index (κ1) is 28.8. The minimum atomic E-state index is -1.10. The smallest absolute Gasteiger partial charge is 0.303 e. The molecule has 6 nitrogen and oxygen atoms in total. The van der Waals surface area contributed by atoms with Gasteiger partial charge in [0, 0.05) is 24.5 Å². The molecule has 2 aromatic carbocycles. The highest BCUT2D eigenvalue weighted by atomic mass is 19.1. The Morgan fingerprint density at radius 3 is 2.56 bits per heavy atom. The van der Waals surface area contributed by atoms with Crippen molar-refractivity contribution in [2.24, 2.45) is 11.8 Å². The number of aryl methyl sites for hydroxylation is 1. The minimum Gasteiger partial charge on any atom is -0.497 e. The second-order valence-electron chi connectivity index (χ2n) is 10.7. The van der Waals surface area contributed by atoms with Crippen molar-refractivity contribution in [3.05, 3.63) is 65.9 Å². The first-order valence-electron chi connectivity index (χ1n) is 14.1. The molecule has 0 saturated carbocycles. The Bertz CT molecular complexity index is 1200. The highest BCUT2D eigenvalue weighted by Gasteiger charge is 2.30. The number of benzene rings is 2. The van der Waals surface area contributed by atoms with E-state index in [2.05, 4.69) is 22.0 Å². The van der Waals surface area contributed by atoms with Crippen LogP contribution in [0.3, 0.4) is 0 Å². The fourth-order valence-corrected chi connectivity index (χ4v) is 5.89. The third kappa shape index (κ3) is 8.15. The summed E-state index contributed by atoms with van der Waals surface area (Å²) in [6, 6.07) is 15.6. The van der Waals surface area contributed by atoms with Crippen LogP contribution in [-0.2, 0) is 11.2 Å². The van der Waals surface area contributed by atoms with Crippen LogP contribution in [0.15, 0.2) is 54.7 Å². The van der Waals surface area contributed by atoms with Gasteiger partial charge in [0.15, 0.2) is 0 Å². The summed E-state index contributed by atoms with van der Waals surface area (Å²) in [7, 11) is 3.28. The second kappa shape index (κ2) is 14.3. The van der Waals surface area contributed by atoms with Crippen molar-refractivity contribution in [2.75, 3.05) is 33.9 Å². The molecule has 0 radical (unpaired) electrons. The van der Waals surface area contributed by atoms with Gasteiger partial charge >= 0.3 is 5.97 Å². The zero-order valence-corrected chi connectivity index (χ0v) is 23.2. The van der Waals surface area contributed by atoms with Gasteiger partial charge in [0.25, 0.3) is 0 Å². The summed E-state index contributed by atoms with van der Waals surface area (Å²) < 4.78 is 26.2. The number of ether oxygens (including phenoxy) is 2. The van der Waals surface area contributed by atoms with Crippen molar-refractivity contribution in [1.82, 2.24) is 9.88 Å². The van der Waals surface area contributed by atoms with Gasteiger partial charge < -0.3 is 19.5 Å². The number of fused-ring (bicyclic) bond motifs is 1. The number of hydrogen-bond acceptors (Lipinski definition) is 5. The van der Waals surface area contributed by atoms with E-state index in [4.69, 9.17) is 9.47 Å². The van der Waals surface area contributed by atoms with E-state index in [1.54, 1.807) is 26.5 Å². The lowest BCUT2D eigenvalue weighted by Gasteiger charge is -2.39. The standard InChI is InChI=1S/C32H41FN2O4/c1-38-26-10-6-23(7-11-26)5-3-4-19-35-20-17-24(25(22-35)9-15-32(36)37)8-13-30(33)28-16-18-34-31-14-12-27(39-2)21-29(28)31/h6-7,10-12,14,16,18,21,24-25,30H,3-5,8-9,13,15,17,19-20,22H2,1-2H3,(H,36,37)/t24-,25+,30?/m1/s1. The molecule has 1 aliphatic heterocycles. The van der Waals surface area contributed by atoms with Crippen LogP contribution in [0.4, 0.5) is 4.39 Å². The van der Waals surface area contributed by atoms with Crippen molar-refractivity contribution in [2.45, 2.75) is 57.5 Å². The van der Waals surface area contributed by atoms with E-state index >= 15 is 4.39 Å². The van der Waals surface area contributed by atoms with Crippen LogP contribution < -0.4 is 9.47 Å². The van der Waals surface area contributed by atoms with Gasteiger partial charge in [0.1, 0.15) is 17.7 Å². The number of pyridine rings is 1. The molecule has 39 heavy (non-hydrogen) atoms. The molecular formula is C32H41FN2O4. The first-order valence-corrected chi connectivity index (χ1v) is 14.1. The topological polar surface area (TPSA) is 71.9 Å². The van der Waals surface area contributed by atoms with E-state index in [9.17, 15) is 9.90 Å². The van der Waals surface area contributed by atoms with E-state index in [1.807, 2.05) is 30.3 Å². The fourth-order valence-electron chi connectivity index (χ4n) is 5.89. The number of methoxy groups -OCH3 is 2. The van der Waals surface area contributed by atoms with Crippen LogP contribution in [0.5, 0.6) is 11.5 Å². The molecule has 1 fully saturated rings. The van der Waals surface area contributed by atoms with Crippen LogP contribution in [0.1, 0.15) is 62.2 Å². The number of piperidine rings is 1. The predicted molar refractivity (Wildman–Crippen MR) is 152 cm³/mol. The van der Waals surface area contributed by atoms with Crippen LogP contribution in [0.2, 0.25) is 0 Å². The molecule has 3 aromatic rings. The molecule has 0 spiro atoms. The molecule has 1 N–H and O–H groups in total. The van der Waals surface area contributed by atoms with Gasteiger partial charge in [-0.25, -0.2) is 4.39 Å². The van der Waals surface area contributed by atoms with Crippen LogP contribution in [0, 0.1) is 11.8 Å². The summed E-state index contributed by atoms with van der Waals surface area (Å²) in [4.78, 5) is 18.2. The lowest BCUT2D eigenvalue weighted by atomic mass is 9.79. The summed E-state index contributed by atoms with van der Waals surface area (Å²) in [6.07, 6.45) is 6.80. The maximum atomic E-state index is 15.6. The van der Waals surface area contributed by atoms with Crippen molar-refractivity contribution in [3.63, 3.8) is 0 Å². The number of nitrogens with zero attached hydrogens (tertiary/aromatic N) is 2. The van der Waals surface area contributed by atoms with Crippen LogP contribution in [0.25, 0.3) is 10.9 Å². The Kier molecular flexibility index (Phi) is 10.5. The minimum absolute atomic E-state index is 0.167. The van der Waals surface area contributed by atoms with Gasteiger partial charge in [0.2, 0.25) is 0 Å².